The second kappa shape index (κ2) is 6.76. The van der Waals surface area contributed by atoms with E-state index in [4.69, 9.17) is 5.11 Å². The number of nitrogens with one attached hydrogen (secondary N) is 1. The third-order valence-corrected chi connectivity index (χ3v) is 4.30. The lowest BCUT2D eigenvalue weighted by Gasteiger charge is -2.34. The van der Waals surface area contributed by atoms with Crippen molar-refractivity contribution in [2.75, 3.05) is 11.4 Å². The molecule has 2 aromatic rings. The molecule has 1 unspecified atom stereocenters. The van der Waals surface area contributed by atoms with Crippen molar-refractivity contribution in [2.45, 2.75) is 19.4 Å². The van der Waals surface area contributed by atoms with Gasteiger partial charge in [-0.2, -0.15) is 0 Å². The molecule has 1 atom stereocenters. The van der Waals surface area contributed by atoms with Gasteiger partial charge < -0.3 is 15.3 Å². The second-order valence-corrected chi connectivity index (χ2v) is 5.93. The number of hydrogen-bond acceptors (Lipinski definition) is 3. The number of carbonyl (C=O) groups excluding carboxylic acids is 2. The van der Waals surface area contributed by atoms with Crippen LogP contribution in [-0.4, -0.2) is 29.4 Å². The molecule has 128 valence electrons. The lowest BCUT2D eigenvalue weighted by molar-refractivity contribution is -0.116. The molecule has 1 heterocycles. The maximum Gasteiger partial charge on any atom is 0.335 e. The predicted octanol–water partition coefficient (Wildman–Crippen LogP) is 2.61. The van der Waals surface area contributed by atoms with Gasteiger partial charge in [-0.25, -0.2) is 4.79 Å². The molecular weight excluding hydrogens is 320 g/mol. The largest absolute Gasteiger partial charge is 0.478 e. The van der Waals surface area contributed by atoms with E-state index in [-0.39, 0.29) is 23.4 Å². The molecule has 1 aliphatic rings. The number of benzene rings is 2. The molecule has 0 spiro atoms. The SMILES string of the molecule is CC(=O)N1CCC(NC(=O)c2cccc(C(=O)O)c2)c2ccccc21. The van der Waals surface area contributed by atoms with Crippen LogP contribution in [0.5, 0.6) is 0 Å². The summed E-state index contributed by atoms with van der Waals surface area (Å²) in [5.74, 6) is -1.44. The zero-order chi connectivity index (χ0) is 18.0. The average molecular weight is 338 g/mol. The smallest absolute Gasteiger partial charge is 0.335 e. The highest BCUT2D eigenvalue weighted by Crippen LogP contribution is 2.33. The zero-order valence-electron chi connectivity index (χ0n) is 13.7. The minimum absolute atomic E-state index is 0.0358. The van der Waals surface area contributed by atoms with Gasteiger partial charge in [0.25, 0.3) is 5.91 Å². The van der Waals surface area contributed by atoms with Crippen molar-refractivity contribution in [3.8, 4) is 0 Å². The number of para-hydroxylation sites is 1. The summed E-state index contributed by atoms with van der Waals surface area (Å²) in [6, 6.07) is 13.2. The van der Waals surface area contributed by atoms with E-state index in [1.54, 1.807) is 17.0 Å². The Morgan fingerprint density at radius 2 is 1.80 bits per heavy atom. The molecule has 6 heteroatoms. The number of rotatable bonds is 3. The molecule has 0 saturated heterocycles. The molecule has 0 bridgehead atoms. The highest BCUT2D eigenvalue weighted by atomic mass is 16.4. The van der Waals surface area contributed by atoms with Crippen molar-refractivity contribution in [1.29, 1.82) is 0 Å². The van der Waals surface area contributed by atoms with Crippen LogP contribution in [0, 0.1) is 0 Å². The molecule has 25 heavy (non-hydrogen) atoms. The molecule has 0 aliphatic carbocycles. The number of fused-ring (bicyclic) bond motifs is 1. The van der Waals surface area contributed by atoms with Gasteiger partial charge in [-0.15, -0.1) is 0 Å². The maximum atomic E-state index is 12.5. The van der Waals surface area contributed by atoms with E-state index in [0.29, 0.717) is 18.5 Å². The summed E-state index contributed by atoms with van der Waals surface area (Å²) >= 11 is 0. The van der Waals surface area contributed by atoms with Crippen LogP contribution in [0.15, 0.2) is 48.5 Å². The fraction of sp³-hybridized carbons (Fsp3) is 0.211. The van der Waals surface area contributed by atoms with Crippen LogP contribution in [0.25, 0.3) is 0 Å². The summed E-state index contributed by atoms with van der Waals surface area (Å²) in [7, 11) is 0. The molecule has 3 rings (SSSR count). The van der Waals surface area contributed by atoms with Gasteiger partial charge in [0.2, 0.25) is 5.91 Å². The van der Waals surface area contributed by atoms with Crippen LogP contribution in [0.3, 0.4) is 0 Å². The molecular formula is C19H18N2O4. The van der Waals surface area contributed by atoms with Crippen molar-refractivity contribution >= 4 is 23.5 Å². The lowest BCUT2D eigenvalue weighted by Crippen LogP contribution is -2.40. The number of amides is 2. The number of carboxylic acids is 1. The van der Waals surface area contributed by atoms with Crippen LogP contribution < -0.4 is 10.2 Å². The molecule has 0 fully saturated rings. The standard InChI is InChI=1S/C19H18N2O4/c1-12(22)21-10-9-16(15-7-2-3-8-17(15)21)20-18(23)13-5-4-6-14(11-13)19(24)25/h2-8,11,16H,9-10H2,1H3,(H,20,23)(H,24,25). The third-order valence-electron chi connectivity index (χ3n) is 4.30. The van der Waals surface area contributed by atoms with E-state index in [9.17, 15) is 14.4 Å². The van der Waals surface area contributed by atoms with E-state index in [1.807, 2.05) is 24.3 Å². The van der Waals surface area contributed by atoms with Crippen LogP contribution in [0.2, 0.25) is 0 Å². The van der Waals surface area contributed by atoms with Crippen molar-refractivity contribution in [3.05, 3.63) is 65.2 Å². The van der Waals surface area contributed by atoms with Gasteiger partial charge in [0.05, 0.1) is 11.6 Å². The summed E-state index contributed by atoms with van der Waals surface area (Å²) in [5, 5.41) is 12.0. The Kier molecular flexibility index (Phi) is 4.52. The minimum Gasteiger partial charge on any atom is -0.478 e. The van der Waals surface area contributed by atoms with Gasteiger partial charge in [0.1, 0.15) is 0 Å². The second-order valence-electron chi connectivity index (χ2n) is 5.93. The Balaban J connectivity index is 1.85. The first-order chi connectivity index (χ1) is 12.0. The van der Waals surface area contributed by atoms with Gasteiger partial charge in [-0.05, 0) is 36.2 Å². The van der Waals surface area contributed by atoms with Crippen LogP contribution in [-0.2, 0) is 4.79 Å². The van der Waals surface area contributed by atoms with Crippen molar-refractivity contribution in [1.82, 2.24) is 5.32 Å². The van der Waals surface area contributed by atoms with E-state index >= 15 is 0 Å². The molecule has 0 radical (unpaired) electrons. The van der Waals surface area contributed by atoms with E-state index in [1.165, 1.54) is 19.1 Å². The van der Waals surface area contributed by atoms with Crippen molar-refractivity contribution in [2.24, 2.45) is 0 Å². The van der Waals surface area contributed by atoms with Crippen LogP contribution >= 0.6 is 0 Å². The lowest BCUT2D eigenvalue weighted by atomic mass is 9.95. The van der Waals surface area contributed by atoms with Gasteiger partial charge in [-0.1, -0.05) is 24.3 Å². The number of anilines is 1. The van der Waals surface area contributed by atoms with Gasteiger partial charge in [0.15, 0.2) is 0 Å². The Bertz CT molecular complexity index is 847. The average Bonchev–Trinajstić information content (AvgIpc) is 2.61. The van der Waals surface area contributed by atoms with Crippen molar-refractivity contribution < 1.29 is 19.5 Å². The van der Waals surface area contributed by atoms with Gasteiger partial charge in [0, 0.05) is 24.7 Å². The Hall–Kier alpha value is -3.15. The summed E-state index contributed by atoms with van der Waals surface area (Å²) < 4.78 is 0. The number of nitrogens with zero attached hydrogens (tertiary/aromatic N) is 1. The molecule has 2 N–H and O–H groups in total. The quantitative estimate of drug-likeness (QED) is 0.901. The summed E-state index contributed by atoms with van der Waals surface area (Å²) in [5.41, 5.74) is 2.04. The maximum absolute atomic E-state index is 12.5. The van der Waals surface area contributed by atoms with E-state index in [0.717, 1.165) is 11.3 Å². The molecule has 6 nitrogen and oxygen atoms in total. The Morgan fingerprint density at radius 3 is 2.52 bits per heavy atom. The zero-order valence-corrected chi connectivity index (χ0v) is 13.7. The van der Waals surface area contributed by atoms with Crippen LogP contribution in [0.4, 0.5) is 5.69 Å². The van der Waals surface area contributed by atoms with Crippen molar-refractivity contribution in [3.63, 3.8) is 0 Å². The third kappa shape index (κ3) is 3.38. The predicted molar refractivity (Wildman–Crippen MR) is 92.7 cm³/mol. The first kappa shape index (κ1) is 16.7. The fourth-order valence-electron chi connectivity index (χ4n) is 3.07. The highest BCUT2D eigenvalue weighted by molar-refractivity contribution is 5.98. The number of aromatic carboxylic acids is 1. The molecule has 2 amide bonds. The first-order valence-electron chi connectivity index (χ1n) is 7.98. The fourth-order valence-corrected chi connectivity index (χ4v) is 3.07. The van der Waals surface area contributed by atoms with E-state index in [2.05, 4.69) is 5.32 Å². The summed E-state index contributed by atoms with van der Waals surface area (Å²) in [4.78, 5) is 37.1. The normalized spacial score (nSPS) is 16.0. The molecule has 0 saturated carbocycles. The Morgan fingerprint density at radius 1 is 1.08 bits per heavy atom. The first-order valence-corrected chi connectivity index (χ1v) is 7.98. The number of carboxylic acid groups (broad SMARTS) is 1. The minimum atomic E-state index is -1.07. The molecule has 0 aromatic heterocycles. The number of hydrogen-bond donors (Lipinski definition) is 2. The van der Waals surface area contributed by atoms with Crippen LogP contribution in [0.1, 0.15) is 45.7 Å². The summed E-state index contributed by atoms with van der Waals surface area (Å²) in [6.45, 7) is 2.04. The molecule has 2 aromatic carbocycles. The van der Waals surface area contributed by atoms with Gasteiger partial charge in [-0.3, -0.25) is 9.59 Å². The van der Waals surface area contributed by atoms with E-state index < -0.39 is 5.97 Å². The Labute approximate surface area is 145 Å². The summed E-state index contributed by atoms with van der Waals surface area (Å²) in [6.07, 6.45) is 0.598. The highest BCUT2D eigenvalue weighted by Gasteiger charge is 2.28. The topological polar surface area (TPSA) is 86.7 Å². The monoisotopic (exact) mass is 338 g/mol. The number of carbonyl (C=O) groups is 3. The molecule has 1 aliphatic heterocycles. The van der Waals surface area contributed by atoms with Gasteiger partial charge >= 0.3 is 5.97 Å².